The van der Waals surface area contributed by atoms with Gasteiger partial charge in [-0.25, -0.2) is 4.68 Å². The van der Waals surface area contributed by atoms with E-state index in [4.69, 9.17) is 21.4 Å². The number of amides is 1. The lowest BCUT2D eigenvalue weighted by atomic mass is 10.00. The van der Waals surface area contributed by atoms with Crippen molar-refractivity contribution in [3.05, 3.63) is 106 Å². The second kappa shape index (κ2) is 11.7. The summed E-state index contributed by atoms with van der Waals surface area (Å²) in [6, 6.07) is 25.5. The first kappa shape index (κ1) is 26.4. The van der Waals surface area contributed by atoms with Gasteiger partial charge in [0.2, 0.25) is 0 Å². The van der Waals surface area contributed by atoms with Crippen molar-refractivity contribution in [3.8, 4) is 22.7 Å². The molecule has 8 heteroatoms. The fourth-order valence-corrected chi connectivity index (χ4v) is 5.94. The molecule has 0 unspecified atom stereocenters. The van der Waals surface area contributed by atoms with Crippen LogP contribution in [-0.4, -0.2) is 38.8 Å². The van der Waals surface area contributed by atoms with Crippen molar-refractivity contribution in [1.82, 2.24) is 14.7 Å². The van der Waals surface area contributed by atoms with Gasteiger partial charge in [-0.1, -0.05) is 54.9 Å². The monoisotopic (exact) mass is 568 g/mol. The maximum absolute atomic E-state index is 12.9. The quantitative estimate of drug-likeness (QED) is 0.226. The van der Waals surface area contributed by atoms with E-state index in [1.54, 1.807) is 0 Å². The van der Waals surface area contributed by atoms with Crippen LogP contribution in [0.1, 0.15) is 30.9 Å². The van der Waals surface area contributed by atoms with E-state index in [9.17, 15) is 4.79 Å². The van der Waals surface area contributed by atoms with Crippen LogP contribution in [0.25, 0.3) is 23.0 Å². The summed E-state index contributed by atoms with van der Waals surface area (Å²) in [5.74, 6) is 1.26. The van der Waals surface area contributed by atoms with Crippen molar-refractivity contribution in [3.63, 3.8) is 0 Å². The predicted octanol–water partition coefficient (Wildman–Crippen LogP) is 7.47. The molecule has 202 valence electrons. The number of benzene rings is 3. The number of para-hydroxylation sites is 1. The minimum atomic E-state index is -0.194. The fraction of sp³-hybridized carbons (Fsp3) is 0.219. The lowest BCUT2D eigenvalue weighted by molar-refractivity contribution is -0.113. The SMILES string of the molecule is CC1CCN(C2=NC(=O)/C(=C/c3cn(-c4ccccc4)nc3-c3ccc(OCc4ccccc4Cl)cc3)S2)CC1. The van der Waals surface area contributed by atoms with Gasteiger partial charge in [-0.3, -0.25) is 4.79 Å². The summed E-state index contributed by atoms with van der Waals surface area (Å²) in [5.41, 5.74) is 4.44. The third-order valence-corrected chi connectivity index (χ3v) is 8.61. The van der Waals surface area contributed by atoms with E-state index in [-0.39, 0.29) is 5.91 Å². The van der Waals surface area contributed by atoms with Gasteiger partial charge in [-0.05, 0) is 79.1 Å². The van der Waals surface area contributed by atoms with Crippen molar-refractivity contribution >= 4 is 40.5 Å². The van der Waals surface area contributed by atoms with Crippen LogP contribution in [0.4, 0.5) is 0 Å². The first-order valence-electron chi connectivity index (χ1n) is 13.4. The summed E-state index contributed by atoms with van der Waals surface area (Å²) < 4.78 is 7.83. The van der Waals surface area contributed by atoms with E-state index >= 15 is 0 Å². The zero-order chi connectivity index (χ0) is 27.5. The van der Waals surface area contributed by atoms with Crippen LogP contribution in [-0.2, 0) is 11.4 Å². The Bertz CT molecular complexity index is 1570. The fourth-order valence-electron chi connectivity index (χ4n) is 4.79. The standard InChI is InChI=1S/C32H29ClN4O2S/c1-22-15-17-36(18-16-22)32-34-31(38)29(40-32)19-25-20-37(26-8-3-2-4-9-26)35-30(25)23-11-13-27(14-12-23)39-21-24-7-5-6-10-28(24)33/h2-14,19-20,22H,15-18,21H2,1H3/b29-19-. The molecule has 3 aromatic carbocycles. The molecule has 6 rings (SSSR count). The summed E-state index contributed by atoms with van der Waals surface area (Å²) in [7, 11) is 0. The van der Waals surface area contributed by atoms with Gasteiger partial charge >= 0.3 is 0 Å². The molecular weight excluding hydrogens is 540 g/mol. The Balaban J connectivity index is 1.26. The molecule has 0 radical (unpaired) electrons. The van der Waals surface area contributed by atoms with E-state index in [2.05, 4.69) is 16.8 Å². The van der Waals surface area contributed by atoms with Crippen molar-refractivity contribution in [2.75, 3.05) is 13.1 Å². The molecule has 0 N–H and O–H groups in total. The molecule has 0 bridgehead atoms. The Kier molecular flexibility index (Phi) is 7.75. The van der Waals surface area contributed by atoms with E-state index in [1.165, 1.54) is 11.8 Å². The van der Waals surface area contributed by atoms with Crippen molar-refractivity contribution in [1.29, 1.82) is 0 Å². The average Bonchev–Trinajstić information content (AvgIpc) is 3.57. The number of piperidine rings is 1. The number of aromatic nitrogens is 2. The minimum absolute atomic E-state index is 0.194. The summed E-state index contributed by atoms with van der Waals surface area (Å²) in [6.07, 6.45) is 6.13. The maximum Gasteiger partial charge on any atom is 0.286 e. The Morgan fingerprint density at radius 2 is 1.73 bits per heavy atom. The Morgan fingerprint density at radius 3 is 2.48 bits per heavy atom. The second-order valence-corrected chi connectivity index (χ2v) is 11.5. The van der Waals surface area contributed by atoms with Crippen LogP contribution >= 0.6 is 23.4 Å². The summed E-state index contributed by atoms with van der Waals surface area (Å²) in [4.78, 5) is 20.2. The molecule has 1 fully saturated rings. The van der Waals surface area contributed by atoms with Gasteiger partial charge < -0.3 is 9.64 Å². The van der Waals surface area contributed by atoms with Crippen molar-refractivity contribution in [2.24, 2.45) is 10.9 Å². The Labute approximate surface area is 243 Å². The third-order valence-electron chi connectivity index (χ3n) is 7.19. The molecule has 1 amide bonds. The molecule has 0 atom stereocenters. The normalized spacial score (nSPS) is 16.9. The number of carbonyl (C=O) groups is 1. The molecule has 2 aliphatic heterocycles. The zero-order valence-electron chi connectivity index (χ0n) is 22.2. The number of thioether (sulfide) groups is 1. The van der Waals surface area contributed by atoms with Gasteiger partial charge in [0.25, 0.3) is 5.91 Å². The molecule has 2 aliphatic rings. The van der Waals surface area contributed by atoms with Crippen LogP contribution in [0.3, 0.4) is 0 Å². The van der Waals surface area contributed by atoms with E-state index < -0.39 is 0 Å². The number of ether oxygens (including phenoxy) is 1. The molecule has 1 aromatic heterocycles. The number of hydrogen-bond donors (Lipinski definition) is 0. The third kappa shape index (κ3) is 5.86. The highest BCUT2D eigenvalue weighted by Crippen LogP contribution is 2.35. The highest BCUT2D eigenvalue weighted by atomic mass is 35.5. The Hall–Kier alpha value is -3.81. The molecule has 6 nitrogen and oxygen atoms in total. The number of hydrogen-bond acceptors (Lipinski definition) is 5. The molecule has 3 heterocycles. The number of likely N-dealkylation sites (tertiary alicyclic amines) is 1. The molecular formula is C32H29ClN4O2S. The molecule has 0 spiro atoms. The molecule has 0 aliphatic carbocycles. The summed E-state index contributed by atoms with van der Waals surface area (Å²) in [5, 5.41) is 6.41. The smallest absolute Gasteiger partial charge is 0.286 e. The Morgan fingerprint density at radius 1 is 1.00 bits per heavy atom. The molecule has 40 heavy (non-hydrogen) atoms. The van der Waals surface area contributed by atoms with Gasteiger partial charge in [0.05, 0.1) is 16.3 Å². The number of aliphatic imine (C=N–C) groups is 1. The summed E-state index contributed by atoms with van der Waals surface area (Å²) in [6.45, 7) is 4.54. The van der Waals surface area contributed by atoms with E-state index in [1.807, 2.05) is 95.8 Å². The number of carbonyl (C=O) groups excluding carboxylic acids is 1. The van der Waals surface area contributed by atoms with E-state index in [0.29, 0.717) is 22.5 Å². The highest BCUT2D eigenvalue weighted by molar-refractivity contribution is 8.18. The van der Waals surface area contributed by atoms with Gasteiger partial charge in [-0.2, -0.15) is 10.1 Å². The van der Waals surface area contributed by atoms with Crippen LogP contribution in [0.2, 0.25) is 5.02 Å². The lowest BCUT2D eigenvalue weighted by Crippen LogP contribution is -2.35. The van der Waals surface area contributed by atoms with Gasteiger partial charge in [-0.15, -0.1) is 0 Å². The lowest BCUT2D eigenvalue weighted by Gasteiger charge is -2.30. The first-order valence-corrected chi connectivity index (χ1v) is 14.6. The number of halogens is 1. The minimum Gasteiger partial charge on any atom is -0.489 e. The number of rotatable bonds is 6. The van der Waals surface area contributed by atoms with Crippen LogP contribution < -0.4 is 4.74 Å². The zero-order valence-corrected chi connectivity index (χ0v) is 23.7. The van der Waals surface area contributed by atoms with Crippen LogP contribution in [0.15, 0.2) is 95.0 Å². The average molecular weight is 569 g/mol. The second-order valence-electron chi connectivity index (χ2n) is 10.1. The summed E-state index contributed by atoms with van der Waals surface area (Å²) >= 11 is 7.73. The highest BCUT2D eigenvalue weighted by Gasteiger charge is 2.28. The largest absolute Gasteiger partial charge is 0.489 e. The molecule has 4 aromatic rings. The van der Waals surface area contributed by atoms with Crippen molar-refractivity contribution in [2.45, 2.75) is 26.4 Å². The topological polar surface area (TPSA) is 59.7 Å². The predicted molar refractivity (Wildman–Crippen MR) is 163 cm³/mol. The first-order chi connectivity index (χ1) is 19.5. The van der Waals surface area contributed by atoms with Crippen LogP contribution in [0, 0.1) is 5.92 Å². The molecule has 1 saturated heterocycles. The van der Waals surface area contributed by atoms with Crippen molar-refractivity contribution < 1.29 is 9.53 Å². The number of amidine groups is 1. The van der Waals surface area contributed by atoms with Gasteiger partial charge in [0.15, 0.2) is 5.17 Å². The molecule has 0 saturated carbocycles. The van der Waals surface area contributed by atoms with Gasteiger partial charge in [0.1, 0.15) is 12.4 Å². The van der Waals surface area contributed by atoms with Gasteiger partial charge in [0, 0.05) is 41.0 Å². The van der Waals surface area contributed by atoms with Crippen LogP contribution in [0.5, 0.6) is 5.75 Å². The maximum atomic E-state index is 12.9. The number of nitrogens with zero attached hydrogens (tertiary/aromatic N) is 4. The van der Waals surface area contributed by atoms with E-state index in [0.717, 1.165) is 64.9 Å².